The molecule has 0 spiro atoms. The number of nitrogens with zero attached hydrogens (tertiary/aromatic N) is 5. The molecule has 1 saturated heterocycles. The Hall–Kier alpha value is -2.14. The van der Waals surface area contributed by atoms with E-state index < -0.39 is 12.0 Å². The number of hydrogen-bond donors (Lipinski definition) is 1. The molecule has 0 bridgehead atoms. The number of nitrogen functional groups attached to an aromatic ring is 1. The quantitative estimate of drug-likeness (QED) is 0.602. The Kier molecular flexibility index (Phi) is 5.70. The minimum absolute atomic E-state index is 0.0651. The average Bonchev–Trinajstić information content (AvgIpc) is 3.01. The van der Waals surface area contributed by atoms with Gasteiger partial charge in [0.15, 0.2) is 0 Å². The van der Waals surface area contributed by atoms with Gasteiger partial charge in [0.05, 0.1) is 5.75 Å². The maximum Gasteiger partial charge on any atom is 0.453 e. The average molecular weight is 421 g/mol. The van der Waals surface area contributed by atoms with Crippen molar-refractivity contribution in [2.75, 3.05) is 42.7 Å². The van der Waals surface area contributed by atoms with Crippen LogP contribution in [0, 0.1) is 0 Å². The Morgan fingerprint density at radius 1 is 1.22 bits per heavy atom. The Morgan fingerprint density at radius 2 is 1.93 bits per heavy atom. The summed E-state index contributed by atoms with van der Waals surface area (Å²) < 4.78 is 38.3. The summed E-state index contributed by atoms with van der Waals surface area (Å²) in [4.78, 5) is 16.1. The monoisotopic (exact) mass is 420 g/mol. The molecule has 1 aliphatic heterocycles. The number of amides is 1. The number of piperazine rings is 1. The number of rotatable bonds is 4. The highest BCUT2D eigenvalue weighted by atomic mass is 35.5. The maximum atomic E-state index is 12.7. The molecule has 146 valence electrons. The molecule has 27 heavy (non-hydrogen) atoms. The van der Waals surface area contributed by atoms with Gasteiger partial charge in [0.1, 0.15) is 0 Å². The molecule has 2 N–H and O–H groups in total. The zero-order valence-electron chi connectivity index (χ0n) is 14.0. The molecule has 2 aromatic rings. The zero-order valence-corrected chi connectivity index (χ0v) is 15.6. The number of alkyl halides is 3. The first-order valence-electron chi connectivity index (χ1n) is 7.94. The van der Waals surface area contributed by atoms with E-state index in [1.807, 2.05) is 18.2 Å². The third kappa shape index (κ3) is 4.59. The van der Waals surface area contributed by atoms with Crippen LogP contribution in [-0.2, 0) is 11.0 Å². The number of hydrogen-bond acceptors (Lipinski definition) is 6. The highest BCUT2D eigenvalue weighted by molar-refractivity contribution is 7.99. The van der Waals surface area contributed by atoms with Gasteiger partial charge < -0.3 is 15.6 Å². The predicted molar refractivity (Wildman–Crippen MR) is 96.1 cm³/mol. The third-order valence-electron chi connectivity index (χ3n) is 4.05. The van der Waals surface area contributed by atoms with Crippen LogP contribution in [0.3, 0.4) is 0 Å². The second kappa shape index (κ2) is 7.85. The highest BCUT2D eigenvalue weighted by Gasteiger charge is 2.38. The van der Waals surface area contributed by atoms with E-state index in [2.05, 4.69) is 15.1 Å². The molecule has 2 heterocycles. The fraction of sp³-hybridized carbons (Fsp3) is 0.400. The Bertz CT molecular complexity index is 822. The van der Waals surface area contributed by atoms with Crippen LogP contribution in [0.5, 0.6) is 0 Å². The lowest BCUT2D eigenvalue weighted by molar-refractivity contribution is -0.146. The molecule has 1 amide bonds. The summed E-state index contributed by atoms with van der Waals surface area (Å²) in [5.41, 5.74) is 0.986. The van der Waals surface area contributed by atoms with Gasteiger partial charge in [0.25, 0.3) is 5.82 Å². The van der Waals surface area contributed by atoms with E-state index in [0.29, 0.717) is 35.9 Å². The summed E-state index contributed by atoms with van der Waals surface area (Å²) in [5, 5.41) is 6.91. The van der Waals surface area contributed by atoms with E-state index in [1.165, 1.54) is 0 Å². The Balaban J connectivity index is 1.52. The van der Waals surface area contributed by atoms with E-state index in [4.69, 9.17) is 17.4 Å². The summed E-state index contributed by atoms with van der Waals surface area (Å²) in [6, 6.07) is 7.47. The van der Waals surface area contributed by atoms with Crippen LogP contribution >= 0.6 is 23.4 Å². The van der Waals surface area contributed by atoms with Crippen LogP contribution in [0.15, 0.2) is 29.4 Å². The van der Waals surface area contributed by atoms with Gasteiger partial charge in [-0.25, -0.2) is 4.68 Å². The van der Waals surface area contributed by atoms with Crippen molar-refractivity contribution in [2.45, 2.75) is 11.3 Å². The van der Waals surface area contributed by atoms with Crippen molar-refractivity contribution in [3.05, 3.63) is 35.1 Å². The first-order valence-corrected chi connectivity index (χ1v) is 9.31. The highest BCUT2D eigenvalue weighted by Crippen LogP contribution is 2.29. The smallest absolute Gasteiger partial charge is 0.368 e. The fourth-order valence-electron chi connectivity index (χ4n) is 2.67. The van der Waals surface area contributed by atoms with E-state index in [0.717, 1.165) is 17.4 Å². The van der Waals surface area contributed by atoms with Gasteiger partial charge in [-0.05, 0) is 18.2 Å². The molecule has 12 heteroatoms. The number of carbonyl (C=O) groups excluding carboxylic acids is 1. The van der Waals surface area contributed by atoms with Gasteiger partial charge in [-0.15, -0.1) is 10.2 Å². The minimum atomic E-state index is -4.69. The van der Waals surface area contributed by atoms with Crippen molar-refractivity contribution < 1.29 is 18.0 Å². The topological polar surface area (TPSA) is 80.3 Å². The molecule has 0 atom stereocenters. The largest absolute Gasteiger partial charge is 0.453 e. The van der Waals surface area contributed by atoms with Crippen molar-refractivity contribution in [1.82, 2.24) is 19.8 Å². The molecule has 0 radical (unpaired) electrons. The number of carbonyl (C=O) groups is 1. The van der Waals surface area contributed by atoms with Crippen molar-refractivity contribution in [2.24, 2.45) is 0 Å². The van der Waals surface area contributed by atoms with Crippen LogP contribution in [-0.4, -0.2) is 57.6 Å². The summed E-state index contributed by atoms with van der Waals surface area (Å²) >= 11 is 6.82. The van der Waals surface area contributed by atoms with Crippen molar-refractivity contribution in [3.8, 4) is 0 Å². The summed E-state index contributed by atoms with van der Waals surface area (Å²) in [6.07, 6.45) is -4.69. The van der Waals surface area contributed by atoms with Gasteiger partial charge in [-0.1, -0.05) is 29.4 Å². The third-order valence-corrected chi connectivity index (χ3v) is 5.21. The molecule has 0 saturated carbocycles. The molecule has 0 aliphatic carbocycles. The van der Waals surface area contributed by atoms with E-state index in [9.17, 15) is 18.0 Å². The van der Waals surface area contributed by atoms with Crippen LogP contribution in [0.2, 0.25) is 5.02 Å². The molecular formula is C15H16ClF3N6OS. The SMILES string of the molecule is Nn1c(SCC(=O)N2CCN(c3cccc(Cl)c3)CC2)nnc1C(F)(F)F. The number of anilines is 1. The van der Waals surface area contributed by atoms with Crippen LogP contribution in [0.4, 0.5) is 18.9 Å². The van der Waals surface area contributed by atoms with Gasteiger partial charge in [-0.2, -0.15) is 13.2 Å². The van der Waals surface area contributed by atoms with Gasteiger partial charge >= 0.3 is 6.18 Å². The van der Waals surface area contributed by atoms with Gasteiger partial charge in [0, 0.05) is 36.9 Å². The number of halogens is 4. The molecule has 0 unspecified atom stereocenters. The zero-order chi connectivity index (χ0) is 19.6. The second-order valence-electron chi connectivity index (χ2n) is 5.81. The first kappa shape index (κ1) is 19.6. The standard InChI is InChI=1S/C15H16ClF3N6OS/c16-10-2-1-3-11(8-10)23-4-6-24(7-5-23)12(26)9-27-14-22-21-13(25(14)20)15(17,18)19/h1-3,8H,4-7,9,20H2. The molecular weight excluding hydrogens is 405 g/mol. The van der Waals surface area contributed by atoms with Crippen molar-refractivity contribution in [1.29, 1.82) is 0 Å². The van der Waals surface area contributed by atoms with E-state index >= 15 is 0 Å². The van der Waals surface area contributed by atoms with Crippen LogP contribution in [0.1, 0.15) is 5.82 Å². The molecule has 1 aromatic heterocycles. The van der Waals surface area contributed by atoms with Crippen molar-refractivity contribution >= 4 is 35.0 Å². The number of thioether (sulfide) groups is 1. The molecule has 3 rings (SSSR count). The Morgan fingerprint density at radius 3 is 2.52 bits per heavy atom. The lowest BCUT2D eigenvalue weighted by Gasteiger charge is -2.36. The minimum Gasteiger partial charge on any atom is -0.368 e. The van der Waals surface area contributed by atoms with E-state index in [1.54, 1.807) is 11.0 Å². The molecule has 1 aromatic carbocycles. The first-order chi connectivity index (χ1) is 12.8. The predicted octanol–water partition coefficient (Wildman–Crippen LogP) is 2.10. The summed E-state index contributed by atoms with van der Waals surface area (Å²) in [5.74, 6) is 3.80. The number of nitrogens with two attached hydrogens (primary N) is 1. The lowest BCUT2D eigenvalue weighted by atomic mass is 10.2. The molecule has 1 aliphatic rings. The van der Waals surface area contributed by atoms with Crippen LogP contribution in [0.25, 0.3) is 0 Å². The summed E-state index contributed by atoms with van der Waals surface area (Å²) in [6.45, 7) is 2.30. The number of aromatic nitrogens is 3. The lowest BCUT2D eigenvalue weighted by Crippen LogP contribution is -2.49. The summed E-state index contributed by atoms with van der Waals surface area (Å²) in [7, 11) is 0. The van der Waals surface area contributed by atoms with Crippen molar-refractivity contribution in [3.63, 3.8) is 0 Å². The second-order valence-corrected chi connectivity index (χ2v) is 7.19. The van der Waals surface area contributed by atoms with Gasteiger partial charge in [0.2, 0.25) is 11.1 Å². The normalized spacial score (nSPS) is 15.3. The number of benzene rings is 1. The van der Waals surface area contributed by atoms with E-state index in [-0.39, 0.29) is 16.8 Å². The fourth-order valence-corrected chi connectivity index (χ4v) is 3.62. The molecule has 7 nitrogen and oxygen atoms in total. The van der Waals surface area contributed by atoms with Gasteiger partial charge in [-0.3, -0.25) is 4.79 Å². The Labute approximate surface area is 162 Å². The van der Waals surface area contributed by atoms with Crippen LogP contribution < -0.4 is 10.7 Å². The molecule has 1 fully saturated rings. The maximum absolute atomic E-state index is 12.7.